The van der Waals surface area contributed by atoms with Gasteiger partial charge in [-0.2, -0.15) is 10.5 Å². The van der Waals surface area contributed by atoms with Crippen LogP contribution in [0.3, 0.4) is 0 Å². The number of rotatable bonds is 2. The van der Waals surface area contributed by atoms with Crippen molar-refractivity contribution in [3.05, 3.63) is 35.9 Å². The summed E-state index contributed by atoms with van der Waals surface area (Å²) in [5.74, 6) is 0. The number of nitrogen functional groups attached to an aromatic ring is 1. The van der Waals surface area contributed by atoms with Crippen LogP contribution in [0.1, 0.15) is 11.4 Å². The summed E-state index contributed by atoms with van der Waals surface area (Å²) in [7, 11) is -3.91. The number of imidazole rings is 1. The number of anilines is 1. The molecule has 0 spiro atoms. The zero-order chi connectivity index (χ0) is 14.9. The number of sulfonamides is 1. The van der Waals surface area contributed by atoms with Crippen molar-refractivity contribution in [2.75, 3.05) is 5.73 Å². The quantitative estimate of drug-likeness (QED) is 0.733. The van der Waals surface area contributed by atoms with E-state index in [9.17, 15) is 8.42 Å². The van der Waals surface area contributed by atoms with Crippen molar-refractivity contribution in [3.8, 4) is 17.8 Å². The van der Waals surface area contributed by atoms with E-state index in [1.807, 2.05) is 6.07 Å². The fourth-order valence-corrected chi connectivity index (χ4v) is 2.16. The van der Waals surface area contributed by atoms with E-state index in [1.165, 1.54) is 29.1 Å². The van der Waals surface area contributed by atoms with Crippen LogP contribution >= 0.6 is 0 Å². The second-order valence-corrected chi connectivity index (χ2v) is 5.36. The van der Waals surface area contributed by atoms with E-state index >= 15 is 0 Å². The van der Waals surface area contributed by atoms with Gasteiger partial charge in [-0.15, -0.1) is 0 Å². The van der Waals surface area contributed by atoms with E-state index < -0.39 is 10.0 Å². The molecule has 0 radical (unpaired) electrons. The Bertz CT molecular complexity index is 869. The number of hydrogen-bond acceptors (Lipinski definition) is 6. The third-order valence-corrected chi connectivity index (χ3v) is 3.48. The summed E-state index contributed by atoms with van der Waals surface area (Å²) in [5, 5.41) is 22.9. The molecule has 0 amide bonds. The van der Waals surface area contributed by atoms with Crippen LogP contribution in [0.2, 0.25) is 0 Å². The molecule has 1 aromatic heterocycles. The summed E-state index contributed by atoms with van der Waals surface area (Å²) in [6, 6.07) is 7.40. The van der Waals surface area contributed by atoms with Gasteiger partial charge in [0.25, 0.3) is 0 Å². The van der Waals surface area contributed by atoms with Crippen LogP contribution in [-0.2, 0) is 10.0 Å². The zero-order valence-corrected chi connectivity index (χ0v) is 10.8. The first-order valence-corrected chi connectivity index (χ1v) is 6.73. The number of hydrogen-bond donors (Lipinski definition) is 2. The van der Waals surface area contributed by atoms with Crippen molar-refractivity contribution in [2.24, 2.45) is 5.14 Å². The Morgan fingerprint density at radius 1 is 1.25 bits per heavy atom. The fourth-order valence-electron chi connectivity index (χ4n) is 1.63. The fraction of sp³-hybridized carbons (Fsp3) is 0. The lowest BCUT2D eigenvalue weighted by molar-refractivity contribution is 0.597. The van der Waals surface area contributed by atoms with Gasteiger partial charge in [-0.05, 0) is 18.2 Å². The maximum absolute atomic E-state index is 11.3. The number of primary sulfonamides is 1. The molecule has 0 saturated heterocycles. The highest BCUT2D eigenvalue weighted by Crippen LogP contribution is 2.23. The molecule has 100 valence electrons. The third kappa shape index (κ3) is 2.19. The number of benzene rings is 1. The SMILES string of the molecule is N#Cc1ncn(-c2cc(S(N)(=O)=O)ccc2N)c1C#N. The Balaban J connectivity index is 2.75. The summed E-state index contributed by atoms with van der Waals surface area (Å²) < 4.78 is 23.9. The lowest BCUT2D eigenvalue weighted by Crippen LogP contribution is -2.13. The average molecular weight is 288 g/mol. The van der Waals surface area contributed by atoms with Crippen molar-refractivity contribution in [1.82, 2.24) is 9.55 Å². The summed E-state index contributed by atoms with van der Waals surface area (Å²) in [5.41, 5.74) is 6.08. The van der Waals surface area contributed by atoms with Gasteiger partial charge in [0.2, 0.25) is 10.0 Å². The van der Waals surface area contributed by atoms with Crippen LogP contribution in [0.25, 0.3) is 5.69 Å². The van der Waals surface area contributed by atoms with Gasteiger partial charge in [0.05, 0.1) is 16.3 Å². The van der Waals surface area contributed by atoms with Crippen LogP contribution in [0.5, 0.6) is 0 Å². The summed E-state index contributed by atoms with van der Waals surface area (Å²) in [4.78, 5) is 3.60. The molecule has 1 aromatic carbocycles. The van der Waals surface area contributed by atoms with E-state index in [0.29, 0.717) is 0 Å². The molecular weight excluding hydrogens is 280 g/mol. The third-order valence-electron chi connectivity index (χ3n) is 2.57. The van der Waals surface area contributed by atoms with Crippen LogP contribution in [0.15, 0.2) is 29.4 Å². The minimum absolute atomic E-state index is 0.0363. The van der Waals surface area contributed by atoms with E-state index in [1.54, 1.807) is 6.07 Å². The second kappa shape index (κ2) is 4.66. The normalized spacial score (nSPS) is 10.8. The van der Waals surface area contributed by atoms with E-state index in [0.717, 1.165) is 0 Å². The minimum atomic E-state index is -3.91. The first kappa shape index (κ1) is 13.5. The maximum atomic E-state index is 11.3. The standard InChI is InChI=1S/C11H8N6O2S/c12-4-9-11(5-13)17(6-16-9)10-3-7(20(15,18)19)1-2-8(10)14/h1-3,6H,14H2,(H2,15,18,19). The maximum Gasteiger partial charge on any atom is 0.238 e. The summed E-state index contributed by atoms with van der Waals surface area (Å²) in [6.45, 7) is 0. The summed E-state index contributed by atoms with van der Waals surface area (Å²) >= 11 is 0. The predicted octanol–water partition coefficient (Wildman–Crippen LogP) is -0.155. The van der Waals surface area contributed by atoms with E-state index in [4.69, 9.17) is 21.4 Å². The monoisotopic (exact) mass is 288 g/mol. The Morgan fingerprint density at radius 3 is 2.50 bits per heavy atom. The molecule has 2 rings (SSSR count). The molecule has 20 heavy (non-hydrogen) atoms. The highest BCUT2D eigenvalue weighted by molar-refractivity contribution is 7.89. The van der Waals surface area contributed by atoms with Gasteiger partial charge < -0.3 is 5.73 Å². The van der Waals surface area contributed by atoms with Gasteiger partial charge in [0.15, 0.2) is 11.4 Å². The minimum Gasteiger partial charge on any atom is -0.397 e. The molecule has 0 unspecified atom stereocenters. The van der Waals surface area contributed by atoms with Crippen LogP contribution < -0.4 is 10.9 Å². The highest BCUT2D eigenvalue weighted by Gasteiger charge is 2.16. The molecule has 0 aliphatic carbocycles. The van der Waals surface area contributed by atoms with E-state index in [-0.39, 0.29) is 27.7 Å². The molecule has 8 nitrogen and oxygen atoms in total. The van der Waals surface area contributed by atoms with Crippen LogP contribution in [-0.4, -0.2) is 18.0 Å². The Kier molecular flexibility index (Phi) is 3.16. The summed E-state index contributed by atoms with van der Waals surface area (Å²) in [6.07, 6.45) is 1.22. The van der Waals surface area contributed by atoms with Gasteiger partial charge in [0, 0.05) is 0 Å². The molecular formula is C11H8N6O2S. The van der Waals surface area contributed by atoms with Crippen molar-refractivity contribution < 1.29 is 8.42 Å². The van der Waals surface area contributed by atoms with Crippen molar-refractivity contribution in [3.63, 3.8) is 0 Å². The first-order valence-electron chi connectivity index (χ1n) is 5.18. The predicted molar refractivity (Wildman–Crippen MR) is 68.8 cm³/mol. The van der Waals surface area contributed by atoms with Gasteiger partial charge in [0.1, 0.15) is 18.5 Å². The highest BCUT2D eigenvalue weighted by atomic mass is 32.2. The lowest BCUT2D eigenvalue weighted by atomic mass is 10.2. The molecule has 2 aromatic rings. The molecule has 0 saturated carbocycles. The number of nitrogens with two attached hydrogens (primary N) is 2. The van der Waals surface area contributed by atoms with Crippen molar-refractivity contribution in [2.45, 2.75) is 4.90 Å². The topological polar surface area (TPSA) is 152 Å². The largest absolute Gasteiger partial charge is 0.397 e. The molecule has 4 N–H and O–H groups in total. The zero-order valence-electron chi connectivity index (χ0n) is 9.98. The number of nitriles is 2. The number of aromatic nitrogens is 2. The molecule has 1 heterocycles. The van der Waals surface area contributed by atoms with Gasteiger partial charge >= 0.3 is 0 Å². The first-order chi connectivity index (χ1) is 9.38. The number of nitrogens with zero attached hydrogens (tertiary/aromatic N) is 4. The Hall–Kier alpha value is -2.88. The molecule has 9 heteroatoms. The lowest BCUT2D eigenvalue weighted by Gasteiger charge is -2.09. The van der Waals surface area contributed by atoms with Crippen molar-refractivity contribution >= 4 is 15.7 Å². The Morgan fingerprint density at radius 2 is 1.95 bits per heavy atom. The molecule has 0 fully saturated rings. The molecule has 0 atom stereocenters. The smallest absolute Gasteiger partial charge is 0.238 e. The van der Waals surface area contributed by atoms with Crippen molar-refractivity contribution in [1.29, 1.82) is 10.5 Å². The average Bonchev–Trinajstić information content (AvgIpc) is 2.80. The van der Waals surface area contributed by atoms with Crippen LogP contribution in [0.4, 0.5) is 5.69 Å². The molecule has 0 bridgehead atoms. The second-order valence-electron chi connectivity index (χ2n) is 3.80. The van der Waals surface area contributed by atoms with E-state index in [2.05, 4.69) is 4.98 Å². The Labute approximate surface area is 114 Å². The van der Waals surface area contributed by atoms with Gasteiger partial charge in [-0.25, -0.2) is 18.5 Å². The van der Waals surface area contributed by atoms with Gasteiger partial charge in [-0.3, -0.25) is 4.57 Å². The molecule has 0 aliphatic heterocycles. The molecule has 0 aliphatic rings. The van der Waals surface area contributed by atoms with Crippen LogP contribution in [0, 0.1) is 22.7 Å². The van der Waals surface area contributed by atoms with Gasteiger partial charge in [-0.1, -0.05) is 0 Å².